The van der Waals surface area contributed by atoms with E-state index in [1.807, 2.05) is 0 Å². The van der Waals surface area contributed by atoms with Gasteiger partial charge < -0.3 is 10.1 Å². The third kappa shape index (κ3) is 6.54. The van der Waals surface area contributed by atoms with Crippen molar-refractivity contribution in [2.24, 2.45) is 0 Å². The Balaban J connectivity index is 1.82. The second-order valence-corrected chi connectivity index (χ2v) is 6.00. The van der Waals surface area contributed by atoms with Gasteiger partial charge in [0.2, 0.25) is 11.8 Å². The highest BCUT2D eigenvalue weighted by Gasteiger charge is 2.29. The van der Waals surface area contributed by atoms with E-state index in [0.29, 0.717) is 10.4 Å². The molecule has 0 atom stereocenters. The number of rotatable bonds is 8. The molecule has 2 aromatic rings. The second-order valence-electron chi connectivity index (χ2n) is 5.05. The molecule has 0 bridgehead atoms. The molecule has 1 amide bonds. The number of hydrogen-bond acceptors (Lipinski definition) is 5. The third-order valence-corrected chi connectivity index (χ3v) is 3.98. The third-order valence-electron chi connectivity index (χ3n) is 3.07. The van der Waals surface area contributed by atoms with Crippen molar-refractivity contribution >= 4 is 23.0 Å². The van der Waals surface area contributed by atoms with E-state index in [4.69, 9.17) is 0 Å². The molecule has 0 radical (unpaired) electrons. The number of thiophene rings is 1. The molecule has 0 spiro atoms. The van der Waals surface area contributed by atoms with E-state index in [1.165, 1.54) is 29.7 Å². The normalized spacial score (nSPS) is 11.2. The van der Waals surface area contributed by atoms with Crippen LogP contribution in [0.25, 0.3) is 0 Å². The molecule has 2 rings (SSSR count). The molecule has 0 aliphatic carbocycles. The van der Waals surface area contributed by atoms with Gasteiger partial charge in [-0.25, -0.2) is 4.98 Å². The molecule has 5 nitrogen and oxygen atoms in total. The molecule has 1 N–H and O–H groups in total. The number of carbonyl (C=O) groups excluding carboxylic acids is 2. The summed E-state index contributed by atoms with van der Waals surface area (Å²) in [6, 6.07) is 6.48. The first-order valence-corrected chi connectivity index (χ1v) is 8.20. The Morgan fingerprint density at radius 2 is 2.00 bits per heavy atom. The summed E-state index contributed by atoms with van der Waals surface area (Å²) < 4.78 is 41.3. The first kappa shape index (κ1) is 18.9. The predicted octanol–water partition coefficient (Wildman–Crippen LogP) is 3.36. The van der Waals surface area contributed by atoms with Crippen LogP contribution >= 0.6 is 11.3 Å². The number of pyridine rings is 1. The fourth-order valence-electron chi connectivity index (χ4n) is 1.91. The molecule has 2 aromatic heterocycles. The summed E-state index contributed by atoms with van der Waals surface area (Å²) >= 11 is 1.30. The largest absolute Gasteiger partial charge is 0.468 e. The number of Topliss-reactive ketones (excluding diaryl/α,β-unsaturated/α-hetero) is 1. The van der Waals surface area contributed by atoms with Crippen molar-refractivity contribution in [2.45, 2.75) is 25.6 Å². The SMILES string of the molecule is O=C(CCC(=O)c1cccs1)NCc1cccnc1OCC(F)(F)F. The van der Waals surface area contributed by atoms with Gasteiger partial charge in [-0.2, -0.15) is 13.2 Å². The van der Waals surface area contributed by atoms with Gasteiger partial charge in [-0.1, -0.05) is 12.1 Å². The Kier molecular flexibility index (Phi) is 6.51. The maximum Gasteiger partial charge on any atom is 0.422 e. The van der Waals surface area contributed by atoms with E-state index in [2.05, 4.69) is 15.0 Å². The van der Waals surface area contributed by atoms with Gasteiger partial charge in [-0.3, -0.25) is 9.59 Å². The van der Waals surface area contributed by atoms with Crippen molar-refractivity contribution < 1.29 is 27.5 Å². The Labute approximate surface area is 145 Å². The predicted molar refractivity (Wildman–Crippen MR) is 85.5 cm³/mol. The molecule has 0 aromatic carbocycles. The Hall–Kier alpha value is -2.42. The highest BCUT2D eigenvalue weighted by Crippen LogP contribution is 2.20. The fraction of sp³-hybridized carbons (Fsp3) is 0.312. The van der Waals surface area contributed by atoms with Gasteiger partial charge in [0.15, 0.2) is 12.4 Å². The smallest absolute Gasteiger partial charge is 0.422 e. The van der Waals surface area contributed by atoms with Crippen LogP contribution in [-0.4, -0.2) is 29.5 Å². The molecule has 134 valence electrons. The van der Waals surface area contributed by atoms with Crippen molar-refractivity contribution in [1.29, 1.82) is 0 Å². The van der Waals surface area contributed by atoms with E-state index >= 15 is 0 Å². The Morgan fingerprint density at radius 1 is 1.20 bits per heavy atom. The summed E-state index contributed by atoms with van der Waals surface area (Å²) in [5.41, 5.74) is 0.324. The molecule has 0 saturated carbocycles. The van der Waals surface area contributed by atoms with Crippen molar-refractivity contribution in [3.05, 3.63) is 46.3 Å². The minimum Gasteiger partial charge on any atom is -0.468 e. The molecule has 25 heavy (non-hydrogen) atoms. The van der Waals surface area contributed by atoms with Crippen molar-refractivity contribution in [3.63, 3.8) is 0 Å². The summed E-state index contributed by atoms with van der Waals surface area (Å²) in [7, 11) is 0. The fourth-order valence-corrected chi connectivity index (χ4v) is 2.60. The Morgan fingerprint density at radius 3 is 2.68 bits per heavy atom. The number of amides is 1. The molecule has 0 unspecified atom stereocenters. The van der Waals surface area contributed by atoms with Crippen LogP contribution in [0.4, 0.5) is 13.2 Å². The van der Waals surface area contributed by atoms with Gasteiger partial charge >= 0.3 is 6.18 Å². The van der Waals surface area contributed by atoms with Gasteiger partial charge in [0.25, 0.3) is 0 Å². The van der Waals surface area contributed by atoms with Crippen LogP contribution in [0.2, 0.25) is 0 Å². The van der Waals surface area contributed by atoms with E-state index < -0.39 is 12.8 Å². The zero-order chi connectivity index (χ0) is 18.3. The van der Waals surface area contributed by atoms with Crippen molar-refractivity contribution in [3.8, 4) is 5.88 Å². The zero-order valence-electron chi connectivity index (χ0n) is 13.0. The maximum atomic E-state index is 12.2. The van der Waals surface area contributed by atoms with Gasteiger partial charge in [-0.15, -0.1) is 11.3 Å². The Bertz CT molecular complexity index is 718. The van der Waals surface area contributed by atoms with E-state index in [0.717, 1.165) is 0 Å². The average molecular weight is 372 g/mol. The molecular formula is C16H15F3N2O3S. The number of aromatic nitrogens is 1. The first-order chi connectivity index (χ1) is 11.8. The lowest BCUT2D eigenvalue weighted by Crippen LogP contribution is -2.24. The molecule has 0 fully saturated rings. The average Bonchev–Trinajstić information content (AvgIpc) is 3.10. The highest BCUT2D eigenvalue weighted by molar-refractivity contribution is 7.12. The van der Waals surface area contributed by atoms with Crippen LogP contribution in [0, 0.1) is 0 Å². The first-order valence-electron chi connectivity index (χ1n) is 7.32. The lowest BCUT2D eigenvalue weighted by molar-refractivity contribution is -0.154. The summed E-state index contributed by atoms with van der Waals surface area (Å²) in [5, 5.41) is 4.32. The topological polar surface area (TPSA) is 68.3 Å². The minimum atomic E-state index is -4.47. The number of alkyl halides is 3. The molecule has 2 heterocycles. The van der Waals surface area contributed by atoms with Crippen LogP contribution in [0.3, 0.4) is 0 Å². The monoisotopic (exact) mass is 372 g/mol. The quantitative estimate of drug-likeness (QED) is 0.722. The standard InChI is InChI=1S/C16H15F3N2O3S/c17-16(18,19)10-24-15-11(3-1-7-20-15)9-21-14(23)6-5-12(22)13-4-2-8-25-13/h1-4,7-8H,5-6,9-10H2,(H,21,23). The zero-order valence-corrected chi connectivity index (χ0v) is 13.8. The number of nitrogens with one attached hydrogen (secondary N) is 1. The molecule has 0 aliphatic heterocycles. The number of ether oxygens (including phenoxy) is 1. The summed E-state index contributed by atoms with van der Waals surface area (Å²) in [4.78, 5) is 28.0. The highest BCUT2D eigenvalue weighted by atomic mass is 32.1. The van der Waals surface area contributed by atoms with Crippen LogP contribution in [0.15, 0.2) is 35.8 Å². The van der Waals surface area contributed by atoms with Crippen LogP contribution in [-0.2, 0) is 11.3 Å². The molecular weight excluding hydrogens is 357 g/mol. The van der Waals surface area contributed by atoms with Gasteiger partial charge in [0, 0.05) is 31.1 Å². The summed E-state index contributed by atoms with van der Waals surface area (Å²) in [5.74, 6) is -0.689. The van der Waals surface area contributed by atoms with E-state index in [-0.39, 0.29) is 37.0 Å². The maximum absolute atomic E-state index is 12.2. The van der Waals surface area contributed by atoms with Crippen LogP contribution in [0.5, 0.6) is 5.88 Å². The number of carbonyl (C=O) groups is 2. The number of nitrogens with zero attached hydrogens (tertiary/aromatic N) is 1. The lowest BCUT2D eigenvalue weighted by atomic mass is 10.2. The van der Waals surface area contributed by atoms with Gasteiger partial charge in [0.1, 0.15) is 0 Å². The van der Waals surface area contributed by atoms with E-state index in [1.54, 1.807) is 17.5 Å². The number of halogens is 3. The van der Waals surface area contributed by atoms with Crippen LogP contribution < -0.4 is 10.1 Å². The van der Waals surface area contributed by atoms with Gasteiger partial charge in [0.05, 0.1) is 4.88 Å². The van der Waals surface area contributed by atoms with E-state index in [9.17, 15) is 22.8 Å². The molecule has 0 saturated heterocycles. The minimum absolute atomic E-state index is 0.00423. The number of ketones is 1. The van der Waals surface area contributed by atoms with Crippen molar-refractivity contribution in [2.75, 3.05) is 6.61 Å². The molecule has 0 aliphatic rings. The summed E-state index contributed by atoms with van der Waals surface area (Å²) in [6.45, 7) is -1.49. The van der Waals surface area contributed by atoms with Gasteiger partial charge in [-0.05, 0) is 17.5 Å². The molecule has 9 heteroatoms. The van der Waals surface area contributed by atoms with Crippen LogP contribution in [0.1, 0.15) is 28.1 Å². The lowest BCUT2D eigenvalue weighted by Gasteiger charge is -2.12. The second kappa shape index (κ2) is 8.61. The van der Waals surface area contributed by atoms with Crippen molar-refractivity contribution in [1.82, 2.24) is 10.3 Å². The number of hydrogen-bond donors (Lipinski definition) is 1. The summed E-state index contributed by atoms with van der Waals surface area (Å²) in [6.07, 6.45) is -3.11.